The first-order chi connectivity index (χ1) is 9.22. The van der Waals surface area contributed by atoms with Crippen molar-refractivity contribution in [2.75, 3.05) is 26.7 Å². The van der Waals surface area contributed by atoms with Crippen molar-refractivity contribution in [3.05, 3.63) is 17.5 Å². The second-order valence-corrected chi connectivity index (χ2v) is 5.74. The van der Waals surface area contributed by atoms with Gasteiger partial charge in [-0.1, -0.05) is 5.16 Å². The Morgan fingerprint density at radius 2 is 2.32 bits per heavy atom. The Kier molecular flexibility index (Phi) is 3.55. The molecule has 2 aliphatic rings. The standard InChI is InChI=1S/C14H21N3O2/c1-16-6-2-4-11(9-16)13-8-12(19-15-13)10-17-7-3-5-14(17)18/h8,11H,2-7,9-10H2,1H3. The van der Waals surface area contributed by atoms with Crippen molar-refractivity contribution in [2.24, 2.45) is 0 Å². The van der Waals surface area contributed by atoms with Crippen LogP contribution in [0.15, 0.2) is 10.6 Å². The van der Waals surface area contributed by atoms with Crippen LogP contribution < -0.4 is 0 Å². The molecule has 2 fully saturated rings. The van der Waals surface area contributed by atoms with Crippen LogP contribution in [0.25, 0.3) is 0 Å². The molecule has 3 heterocycles. The molecule has 0 radical (unpaired) electrons. The van der Waals surface area contributed by atoms with Gasteiger partial charge < -0.3 is 14.3 Å². The molecule has 0 bridgehead atoms. The molecule has 1 unspecified atom stereocenters. The molecule has 104 valence electrons. The van der Waals surface area contributed by atoms with Gasteiger partial charge in [-0.3, -0.25) is 4.79 Å². The van der Waals surface area contributed by atoms with E-state index < -0.39 is 0 Å². The first kappa shape index (κ1) is 12.7. The fourth-order valence-electron chi connectivity index (χ4n) is 3.06. The third-order valence-corrected chi connectivity index (χ3v) is 4.14. The maximum Gasteiger partial charge on any atom is 0.223 e. The third-order valence-electron chi connectivity index (χ3n) is 4.14. The van der Waals surface area contributed by atoms with E-state index in [1.807, 2.05) is 11.0 Å². The van der Waals surface area contributed by atoms with Crippen LogP contribution in [0.3, 0.4) is 0 Å². The van der Waals surface area contributed by atoms with Gasteiger partial charge in [-0.15, -0.1) is 0 Å². The van der Waals surface area contributed by atoms with Gasteiger partial charge in [0.05, 0.1) is 12.2 Å². The average molecular weight is 263 g/mol. The van der Waals surface area contributed by atoms with Gasteiger partial charge in [0.1, 0.15) is 0 Å². The highest BCUT2D eigenvalue weighted by Crippen LogP contribution is 2.26. The minimum atomic E-state index is 0.232. The molecule has 2 aliphatic heterocycles. The largest absolute Gasteiger partial charge is 0.359 e. The lowest BCUT2D eigenvalue weighted by Gasteiger charge is -2.28. The van der Waals surface area contributed by atoms with E-state index in [-0.39, 0.29) is 5.91 Å². The summed E-state index contributed by atoms with van der Waals surface area (Å²) in [5, 5.41) is 4.20. The molecule has 1 atom stereocenters. The van der Waals surface area contributed by atoms with Crippen molar-refractivity contribution < 1.29 is 9.32 Å². The fourth-order valence-corrected chi connectivity index (χ4v) is 3.06. The molecule has 0 aliphatic carbocycles. The number of piperidine rings is 1. The van der Waals surface area contributed by atoms with Gasteiger partial charge in [0, 0.05) is 31.5 Å². The molecule has 0 N–H and O–H groups in total. The number of likely N-dealkylation sites (tertiary alicyclic amines) is 2. The zero-order valence-corrected chi connectivity index (χ0v) is 11.5. The summed E-state index contributed by atoms with van der Waals surface area (Å²) in [7, 11) is 2.15. The molecule has 0 aromatic carbocycles. The van der Waals surface area contributed by atoms with E-state index in [4.69, 9.17) is 4.52 Å². The van der Waals surface area contributed by atoms with Crippen molar-refractivity contribution in [1.82, 2.24) is 15.0 Å². The summed E-state index contributed by atoms with van der Waals surface area (Å²) in [5.74, 6) is 1.53. The van der Waals surface area contributed by atoms with Gasteiger partial charge in [0.2, 0.25) is 5.91 Å². The van der Waals surface area contributed by atoms with Gasteiger partial charge in [0.25, 0.3) is 0 Å². The quantitative estimate of drug-likeness (QED) is 0.831. The highest BCUT2D eigenvalue weighted by atomic mass is 16.5. The molecular weight excluding hydrogens is 242 g/mol. The highest BCUT2D eigenvalue weighted by Gasteiger charge is 2.24. The lowest BCUT2D eigenvalue weighted by Crippen LogP contribution is -2.30. The number of nitrogens with zero attached hydrogens (tertiary/aromatic N) is 3. The van der Waals surface area contributed by atoms with Crippen LogP contribution in [0.2, 0.25) is 0 Å². The second kappa shape index (κ2) is 5.33. The van der Waals surface area contributed by atoms with E-state index >= 15 is 0 Å². The van der Waals surface area contributed by atoms with Crippen LogP contribution in [0.5, 0.6) is 0 Å². The van der Waals surface area contributed by atoms with E-state index in [1.54, 1.807) is 0 Å². The Morgan fingerprint density at radius 3 is 3.05 bits per heavy atom. The molecule has 0 spiro atoms. The van der Waals surface area contributed by atoms with Crippen LogP contribution in [-0.2, 0) is 11.3 Å². The lowest BCUT2D eigenvalue weighted by molar-refractivity contribution is -0.128. The molecule has 5 heteroatoms. The highest BCUT2D eigenvalue weighted by molar-refractivity contribution is 5.77. The normalized spacial score (nSPS) is 25.2. The fraction of sp³-hybridized carbons (Fsp3) is 0.714. The monoisotopic (exact) mass is 263 g/mol. The van der Waals surface area contributed by atoms with Crippen LogP contribution in [0, 0.1) is 0 Å². The number of rotatable bonds is 3. The number of aromatic nitrogens is 1. The molecule has 1 aromatic heterocycles. The van der Waals surface area contributed by atoms with E-state index in [2.05, 4.69) is 17.1 Å². The topological polar surface area (TPSA) is 49.6 Å². The number of amides is 1. The second-order valence-electron chi connectivity index (χ2n) is 5.74. The van der Waals surface area contributed by atoms with Crippen LogP contribution in [-0.4, -0.2) is 47.5 Å². The molecule has 1 amide bonds. The molecule has 1 aromatic rings. The number of carbonyl (C=O) groups excluding carboxylic acids is 1. The van der Waals surface area contributed by atoms with Crippen LogP contribution in [0.1, 0.15) is 43.1 Å². The first-order valence-electron chi connectivity index (χ1n) is 7.14. The van der Waals surface area contributed by atoms with Crippen molar-refractivity contribution in [3.63, 3.8) is 0 Å². The van der Waals surface area contributed by atoms with Gasteiger partial charge in [-0.2, -0.15) is 0 Å². The predicted octanol–water partition coefficient (Wildman–Crippen LogP) is 1.61. The Hall–Kier alpha value is -1.36. The summed E-state index contributed by atoms with van der Waals surface area (Å²) in [5.41, 5.74) is 1.05. The van der Waals surface area contributed by atoms with E-state index in [0.717, 1.165) is 31.0 Å². The zero-order valence-electron chi connectivity index (χ0n) is 11.5. The molecule has 19 heavy (non-hydrogen) atoms. The summed E-state index contributed by atoms with van der Waals surface area (Å²) in [6.45, 7) is 3.65. The maximum atomic E-state index is 11.6. The molecule has 5 nitrogen and oxygen atoms in total. The molecule has 3 rings (SSSR count). The van der Waals surface area contributed by atoms with Gasteiger partial charge in [0.15, 0.2) is 5.76 Å². The summed E-state index contributed by atoms with van der Waals surface area (Å²) < 4.78 is 5.40. The predicted molar refractivity (Wildman–Crippen MR) is 70.6 cm³/mol. The third kappa shape index (κ3) is 2.81. The Bertz CT molecular complexity index is 457. The minimum absolute atomic E-state index is 0.232. The summed E-state index contributed by atoms with van der Waals surface area (Å²) in [6.07, 6.45) is 4.04. The smallest absolute Gasteiger partial charge is 0.223 e. The Balaban J connectivity index is 1.64. The SMILES string of the molecule is CN1CCCC(c2cc(CN3CCCC3=O)on2)C1. The van der Waals surface area contributed by atoms with Crippen molar-refractivity contribution in [2.45, 2.75) is 38.1 Å². The number of likely N-dealkylation sites (N-methyl/N-ethyl adjacent to an activating group) is 1. The number of carbonyl (C=O) groups is 1. The van der Waals surface area contributed by atoms with Gasteiger partial charge in [-0.25, -0.2) is 0 Å². The molecule has 2 saturated heterocycles. The lowest BCUT2D eigenvalue weighted by atomic mass is 9.95. The number of hydrogen-bond acceptors (Lipinski definition) is 4. The maximum absolute atomic E-state index is 11.6. The Morgan fingerprint density at radius 1 is 1.42 bits per heavy atom. The summed E-state index contributed by atoms with van der Waals surface area (Å²) >= 11 is 0. The molecular formula is C14H21N3O2. The van der Waals surface area contributed by atoms with Crippen LogP contribution >= 0.6 is 0 Å². The van der Waals surface area contributed by atoms with Gasteiger partial charge >= 0.3 is 0 Å². The van der Waals surface area contributed by atoms with Crippen molar-refractivity contribution >= 4 is 5.91 Å². The zero-order chi connectivity index (χ0) is 13.2. The average Bonchev–Trinajstić information content (AvgIpc) is 3.00. The van der Waals surface area contributed by atoms with Crippen molar-refractivity contribution in [3.8, 4) is 0 Å². The summed E-state index contributed by atoms with van der Waals surface area (Å²) in [4.78, 5) is 15.8. The van der Waals surface area contributed by atoms with Gasteiger partial charge in [-0.05, 0) is 32.9 Å². The first-order valence-corrected chi connectivity index (χ1v) is 7.14. The summed E-state index contributed by atoms with van der Waals surface area (Å²) in [6, 6.07) is 2.04. The number of hydrogen-bond donors (Lipinski definition) is 0. The van der Waals surface area contributed by atoms with Crippen molar-refractivity contribution in [1.29, 1.82) is 0 Å². The van der Waals surface area contributed by atoms with E-state index in [0.29, 0.717) is 18.9 Å². The van der Waals surface area contributed by atoms with E-state index in [1.165, 1.54) is 19.4 Å². The molecule has 0 saturated carbocycles. The van der Waals surface area contributed by atoms with E-state index in [9.17, 15) is 4.79 Å². The van der Waals surface area contributed by atoms with Crippen LogP contribution in [0.4, 0.5) is 0 Å². The minimum Gasteiger partial charge on any atom is -0.359 e. The Labute approximate surface area is 113 Å².